The smallest absolute Gasteiger partial charge is 0.227 e. The predicted octanol–water partition coefficient (Wildman–Crippen LogP) is 5.47. The largest absolute Gasteiger partial charge is 0.492 e. The summed E-state index contributed by atoms with van der Waals surface area (Å²) in [6, 6.07) is 10.3. The van der Waals surface area contributed by atoms with Gasteiger partial charge in [0.05, 0.1) is 18.9 Å². The van der Waals surface area contributed by atoms with Crippen LogP contribution in [-0.2, 0) is 17.8 Å². The minimum Gasteiger partial charge on any atom is -0.492 e. The van der Waals surface area contributed by atoms with Gasteiger partial charge in [-0.15, -0.1) is 0 Å². The fourth-order valence-corrected chi connectivity index (χ4v) is 4.72. The van der Waals surface area contributed by atoms with Gasteiger partial charge in [0, 0.05) is 41.9 Å². The lowest BCUT2D eigenvalue weighted by atomic mass is 10.1. The first-order valence-electron chi connectivity index (χ1n) is 13.0. The third kappa shape index (κ3) is 6.68. The van der Waals surface area contributed by atoms with E-state index in [1.807, 2.05) is 31.5 Å². The molecule has 0 amide bonds. The number of anilines is 2. The molecule has 1 N–H and O–H groups in total. The normalized spacial score (nSPS) is 17.6. The van der Waals surface area contributed by atoms with E-state index in [4.69, 9.17) is 14.5 Å². The molecule has 0 spiro atoms. The molecule has 0 aliphatic carbocycles. The van der Waals surface area contributed by atoms with Crippen molar-refractivity contribution in [1.29, 1.82) is 0 Å². The van der Waals surface area contributed by atoms with Crippen LogP contribution in [0.1, 0.15) is 42.5 Å². The van der Waals surface area contributed by atoms with Gasteiger partial charge >= 0.3 is 0 Å². The molecule has 7 heteroatoms. The molecular weight excluding hydrogens is 450 g/mol. The van der Waals surface area contributed by atoms with Crippen LogP contribution in [0.25, 0.3) is 11.3 Å². The maximum Gasteiger partial charge on any atom is 0.227 e. The minimum atomic E-state index is 0.511. The number of rotatable bonds is 4. The predicted molar refractivity (Wildman–Crippen MR) is 143 cm³/mol. The quantitative estimate of drug-likeness (QED) is 0.491. The van der Waals surface area contributed by atoms with Crippen LogP contribution in [0.4, 0.5) is 11.6 Å². The molecule has 3 aromatic rings. The van der Waals surface area contributed by atoms with Crippen molar-refractivity contribution in [2.45, 2.75) is 45.6 Å². The Morgan fingerprint density at radius 3 is 2.89 bits per heavy atom. The fraction of sp³-hybridized carbons (Fsp3) is 0.414. The third-order valence-corrected chi connectivity index (χ3v) is 6.61. The first-order valence-corrected chi connectivity index (χ1v) is 13.0. The Bertz CT molecular complexity index is 1190. The molecule has 5 rings (SSSR count). The van der Waals surface area contributed by atoms with E-state index in [9.17, 15) is 0 Å². The third-order valence-electron chi connectivity index (χ3n) is 6.61. The van der Waals surface area contributed by atoms with Gasteiger partial charge in [0.25, 0.3) is 0 Å². The van der Waals surface area contributed by atoms with Crippen molar-refractivity contribution in [1.82, 2.24) is 19.9 Å². The molecule has 7 nitrogen and oxygen atoms in total. The first kappa shape index (κ1) is 24.4. The van der Waals surface area contributed by atoms with E-state index < -0.39 is 0 Å². The van der Waals surface area contributed by atoms with Crippen LogP contribution in [0, 0.1) is 6.92 Å². The van der Waals surface area contributed by atoms with Gasteiger partial charge in [0.2, 0.25) is 5.95 Å². The van der Waals surface area contributed by atoms with Gasteiger partial charge in [-0.2, -0.15) is 0 Å². The van der Waals surface area contributed by atoms with E-state index in [1.165, 1.54) is 25.9 Å². The Hall–Kier alpha value is -3.29. The van der Waals surface area contributed by atoms with Gasteiger partial charge in [0.1, 0.15) is 12.4 Å². The van der Waals surface area contributed by atoms with E-state index in [-0.39, 0.29) is 0 Å². The van der Waals surface area contributed by atoms with Gasteiger partial charge in [-0.3, -0.25) is 9.88 Å². The summed E-state index contributed by atoms with van der Waals surface area (Å²) in [5.74, 6) is 1.38. The summed E-state index contributed by atoms with van der Waals surface area (Å²) in [5.41, 5.74) is 6.02. The molecule has 0 radical (unpaired) electrons. The number of nitrogens with one attached hydrogen (secondary N) is 1. The highest BCUT2D eigenvalue weighted by Gasteiger charge is 2.12. The topological polar surface area (TPSA) is 72.4 Å². The summed E-state index contributed by atoms with van der Waals surface area (Å²) in [6.07, 6.45) is 13.6. The molecule has 0 atom stereocenters. The van der Waals surface area contributed by atoms with Crippen LogP contribution in [-0.4, -0.2) is 52.7 Å². The van der Waals surface area contributed by atoms with Crippen molar-refractivity contribution in [2.24, 2.45) is 0 Å². The molecule has 0 saturated carbocycles. The lowest BCUT2D eigenvalue weighted by Crippen LogP contribution is -2.25. The van der Waals surface area contributed by atoms with Crippen LogP contribution < -0.4 is 10.1 Å². The second-order valence-corrected chi connectivity index (χ2v) is 9.53. The molecule has 4 heterocycles. The highest BCUT2D eigenvalue weighted by molar-refractivity contribution is 5.65. The molecule has 2 aromatic heterocycles. The van der Waals surface area contributed by atoms with E-state index >= 15 is 0 Å². The van der Waals surface area contributed by atoms with Crippen LogP contribution in [0.15, 0.2) is 54.9 Å². The van der Waals surface area contributed by atoms with Gasteiger partial charge in [-0.05, 0) is 87.5 Å². The molecule has 1 aromatic carbocycles. The molecule has 1 fully saturated rings. The maximum atomic E-state index is 6.17. The molecule has 6 bridgehead atoms. The molecule has 1 saturated heterocycles. The number of hydrogen-bond acceptors (Lipinski definition) is 7. The molecule has 2 aliphatic rings. The van der Waals surface area contributed by atoms with E-state index in [0.717, 1.165) is 65.3 Å². The Labute approximate surface area is 213 Å². The average molecular weight is 486 g/mol. The van der Waals surface area contributed by atoms with Crippen molar-refractivity contribution >= 4 is 11.6 Å². The number of ether oxygens (including phenoxy) is 2. The van der Waals surface area contributed by atoms with E-state index in [0.29, 0.717) is 25.8 Å². The first-order chi connectivity index (χ1) is 17.7. The molecule has 0 unspecified atom stereocenters. The molecule has 188 valence electrons. The second kappa shape index (κ2) is 12.1. The van der Waals surface area contributed by atoms with E-state index in [2.05, 4.69) is 50.5 Å². The Balaban J connectivity index is 1.41. The number of aromatic nitrogens is 3. The van der Waals surface area contributed by atoms with Crippen LogP contribution >= 0.6 is 0 Å². The van der Waals surface area contributed by atoms with Gasteiger partial charge in [-0.25, -0.2) is 9.97 Å². The van der Waals surface area contributed by atoms with Gasteiger partial charge < -0.3 is 14.8 Å². The Morgan fingerprint density at radius 2 is 1.97 bits per heavy atom. The van der Waals surface area contributed by atoms with Crippen molar-refractivity contribution < 1.29 is 9.47 Å². The summed E-state index contributed by atoms with van der Waals surface area (Å²) in [5, 5.41) is 3.40. The molecule has 2 aliphatic heterocycles. The number of benzene rings is 1. The fourth-order valence-electron chi connectivity index (χ4n) is 4.72. The standard InChI is InChI=1S/C29H35N5O2/c1-22-20-31-29-32-26-16-23(17-27(19-26)36-15-13-34-11-5-6-12-34)21-35-14-7-3-2-4-8-25-18-24(9-10-30-25)28(22)33-29/h3,7,9-10,16-20H,2,4-6,8,11-15,21H2,1H3,(H,31,32,33)/b7-3+. The maximum absolute atomic E-state index is 6.17. The summed E-state index contributed by atoms with van der Waals surface area (Å²) in [7, 11) is 0. The minimum absolute atomic E-state index is 0.511. The summed E-state index contributed by atoms with van der Waals surface area (Å²) < 4.78 is 12.1. The number of nitrogens with zero attached hydrogens (tertiary/aromatic N) is 4. The summed E-state index contributed by atoms with van der Waals surface area (Å²) in [4.78, 5) is 16.4. The zero-order chi connectivity index (χ0) is 24.6. The second-order valence-electron chi connectivity index (χ2n) is 9.53. The van der Waals surface area contributed by atoms with E-state index in [1.54, 1.807) is 0 Å². The molecular formula is C29H35N5O2. The number of hydrogen-bond donors (Lipinski definition) is 1. The monoisotopic (exact) mass is 485 g/mol. The van der Waals surface area contributed by atoms with Crippen molar-refractivity contribution in [3.05, 3.63) is 71.7 Å². The van der Waals surface area contributed by atoms with Gasteiger partial charge in [0.15, 0.2) is 0 Å². The van der Waals surface area contributed by atoms with Crippen LogP contribution in [0.5, 0.6) is 5.75 Å². The summed E-state index contributed by atoms with van der Waals surface area (Å²) >= 11 is 0. The summed E-state index contributed by atoms with van der Waals surface area (Å²) in [6.45, 7) is 7.10. The number of pyridine rings is 1. The lowest BCUT2D eigenvalue weighted by Gasteiger charge is -2.16. The molecule has 36 heavy (non-hydrogen) atoms. The zero-order valence-electron chi connectivity index (χ0n) is 21.1. The highest BCUT2D eigenvalue weighted by Crippen LogP contribution is 2.27. The number of likely N-dealkylation sites (tertiary alicyclic amines) is 1. The van der Waals surface area contributed by atoms with Crippen molar-refractivity contribution in [2.75, 3.05) is 38.2 Å². The number of allylic oxidation sites excluding steroid dienone is 1. The number of fused-ring (bicyclic) bond motifs is 7. The Morgan fingerprint density at radius 1 is 1.06 bits per heavy atom. The average Bonchev–Trinajstić information content (AvgIpc) is 3.40. The zero-order valence-corrected chi connectivity index (χ0v) is 21.1. The van der Waals surface area contributed by atoms with Crippen LogP contribution in [0.3, 0.4) is 0 Å². The lowest BCUT2D eigenvalue weighted by molar-refractivity contribution is 0.148. The van der Waals surface area contributed by atoms with Gasteiger partial charge in [-0.1, -0.05) is 12.2 Å². The highest BCUT2D eigenvalue weighted by atomic mass is 16.5. The number of aryl methyl sites for hydroxylation is 2. The van der Waals surface area contributed by atoms with Crippen LogP contribution in [0.2, 0.25) is 0 Å². The van der Waals surface area contributed by atoms with Crippen molar-refractivity contribution in [3.8, 4) is 17.0 Å². The Kier molecular flexibility index (Phi) is 8.20. The SMILES string of the molecule is Cc1cnc2nc1-c1ccnc(c1)CCC/C=C/COCc1cc(cc(OCCN3CCCC3)c1)N2. The van der Waals surface area contributed by atoms with Crippen molar-refractivity contribution in [3.63, 3.8) is 0 Å².